The van der Waals surface area contributed by atoms with Gasteiger partial charge < -0.3 is 15.4 Å². The lowest BCUT2D eigenvalue weighted by Gasteiger charge is -2.11. The number of rotatable bonds is 8. The molecule has 0 saturated heterocycles. The van der Waals surface area contributed by atoms with E-state index in [1.165, 1.54) is 5.56 Å². The summed E-state index contributed by atoms with van der Waals surface area (Å²) in [6.45, 7) is 11.7. The van der Waals surface area contributed by atoms with Crippen LogP contribution >= 0.6 is 24.0 Å². The molecule has 0 bridgehead atoms. The molecule has 0 aliphatic carbocycles. The number of nitrogens with one attached hydrogen (secondary N) is 2. The van der Waals surface area contributed by atoms with Gasteiger partial charge in [-0.05, 0) is 37.0 Å². The van der Waals surface area contributed by atoms with Gasteiger partial charge in [-0.25, -0.2) is 4.99 Å². The van der Waals surface area contributed by atoms with Gasteiger partial charge in [-0.1, -0.05) is 32.9 Å². The molecule has 2 N–H and O–H groups in total. The van der Waals surface area contributed by atoms with Crippen molar-refractivity contribution in [3.05, 3.63) is 29.8 Å². The summed E-state index contributed by atoms with van der Waals surface area (Å²) in [5.74, 6) is 2.34. The van der Waals surface area contributed by atoms with E-state index in [2.05, 4.69) is 55.5 Å². The molecule has 0 aliphatic rings. The molecular formula is C17H30IN3O. The van der Waals surface area contributed by atoms with Gasteiger partial charge in [0, 0.05) is 13.1 Å². The number of hydrogen-bond donors (Lipinski definition) is 2. The Bertz CT molecular complexity index is 418. The molecule has 5 heteroatoms. The van der Waals surface area contributed by atoms with Gasteiger partial charge in [-0.15, -0.1) is 24.0 Å². The van der Waals surface area contributed by atoms with Crippen molar-refractivity contribution < 1.29 is 4.74 Å². The minimum atomic E-state index is 0. The molecule has 0 aliphatic heterocycles. The van der Waals surface area contributed by atoms with Crippen LogP contribution in [0.25, 0.3) is 0 Å². The van der Waals surface area contributed by atoms with Crippen LogP contribution in [0.2, 0.25) is 0 Å². The van der Waals surface area contributed by atoms with Gasteiger partial charge in [0.1, 0.15) is 5.75 Å². The van der Waals surface area contributed by atoms with Crippen LogP contribution in [0.4, 0.5) is 0 Å². The van der Waals surface area contributed by atoms with Gasteiger partial charge in [0.2, 0.25) is 0 Å². The van der Waals surface area contributed by atoms with E-state index in [4.69, 9.17) is 4.74 Å². The van der Waals surface area contributed by atoms with Crippen LogP contribution in [-0.2, 0) is 6.54 Å². The Morgan fingerprint density at radius 1 is 1.14 bits per heavy atom. The third-order valence-electron chi connectivity index (χ3n) is 2.81. The zero-order valence-electron chi connectivity index (χ0n) is 14.2. The monoisotopic (exact) mass is 419 g/mol. The van der Waals surface area contributed by atoms with Crippen molar-refractivity contribution in [1.82, 2.24) is 10.6 Å². The normalized spacial score (nSPS) is 11.0. The maximum atomic E-state index is 5.68. The number of guanidine groups is 1. The highest BCUT2D eigenvalue weighted by Gasteiger charge is 1.99. The van der Waals surface area contributed by atoms with E-state index >= 15 is 0 Å². The minimum Gasteiger partial charge on any atom is -0.493 e. The summed E-state index contributed by atoms with van der Waals surface area (Å²) < 4.78 is 5.68. The van der Waals surface area contributed by atoms with Crippen molar-refractivity contribution in [1.29, 1.82) is 0 Å². The van der Waals surface area contributed by atoms with Gasteiger partial charge in [-0.2, -0.15) is 0 Å². The Morgan fingerprint density at radius 3 is 2.36 bits per heavy atom. The minimum absolute atomic E-state index is 0. The molecular weight excluding hydrogens is 389 g/mol. The Kier molecular flexibility index (Phi) is 12.0. The second kappa shape index (κ2) is 12.6. The predicted molar refractivity (Wildman–Crippen MR) is 105 cm³/mol. The summed E-state index contributed by atoms with van der Waals surface area (Å²) in [4.78, 5) is 4.58. The van der Waals surface area contributed by atoms with Crippen molar-refractivity contribution in [2.24, 2.45) is 10.9 Å². The van der Waals surface area contributed by atoms with E-state index in [1.807, 2.05) is 12.1 Å². The second-order valence-electron chi connectivity index (χ2n) is 5.47. The zero-order chi connectivity index (χ0) is 15.5. The second-order valence-corrected chi connectivity index (χ2v) is 5.47. The Hall–Kier alpha value is -0.980. The molecule has 0 atom stereocenters. The zero-order valence-corrected chi connectivity index (χ0v) is 16.5. The summed E-state index contributed by atoms with van der Waals surface area (Å²) in [6.07, 6.45) is 1.09. The molecule has 0 radical (unpaired) electrons. The van der Waals surface area contributed by atoms with Gasteiger partial charge in [0.25, 0.3) is 0 Å². The van der Waals surface area contributed by atoms with Gasteiger partial charge in [0.15, 0.2) is 5.96 Å². The topological polar surface area (TPSA) is 45.7 Å². The molecule has 1 aromatic rings. The van der Waals surface area contributed by atoms with Crippen LogP contribution in [0, 0.1) is 5.92 Å². The van der Waals surface area contributed by atoms with Crippen LogP contribution in [0.15, 0.2) is 29.3 Å². The first kappa shape index (κ1) is 21.0. The van der Waals surface area contributed by atoms with Gasteiger partial charge in [-0.3, -0.25) is 0 Å². The summed E-state index contributed by atoms with van der Waals surface area (Å²) in [6, 6.07) is 8.17. The highest BCUT2D eigenvalue weighted by atomic mass is 127. The average Bonchev–Trinajstić information content (AvgIpc) is 2.49. The molecule has 0 aromatic heterocycles. The van der Waals surface area contributed by atoms with Crippen LogP contribution in [0.3, 0.4) is 0 Å². The van der Waals surface area contributed by atoms with E-state index in [0.29, 0.717) is 12.5 Å². The van der Waals surface area contributed by atoms with Gasteiger partial charge >= 0.3 is 0 Å². The first-order valence-electron chi connectivity index (χ1n) is 7.89. The molecule has 0 unspecified atom stereocenters. The summed E-state index contributed by atoms with van der Waals surface area (Å²) in [7, 11) is 0. The predicted octanol–water partition coefficient (Wildman–Crippen LogP) is 3.80. The fraction of sp³-hybridized carbons (Fsp3) is 0.588. The quantitative estimate of drug-likeness (QED) is 0.383. The van der Waals surface area contributed by atoms with Crippen LogP contribution < -0.4 is 15.4 Å². The smallest absolute Gasteiger partial charge is 0.191 e. The van der Waals surface area contributed by atoms with Crippen molar-refractivity contribution in [3.63, 3.8) is 0 Å². The molecule has 1 rings (SSSR count). The standard InChI is InChI=1S/C17H29N3O.HI/c1-5-11-19-17(18-6-2)20-12-15-7-9-16(10-8-15)21-13-14(3)4;/h7-10,14H,5-6,11-13H2,1-4H3,(H2,18,19,20);1H. The Balaban J connectivity index is 0.00000441. The van der Waals surface area contributed by atoms with Crippen molar-refractivity contribution in [3.8, 4) is 5.75 Å². The number of benzene rings is 1. The Labute approximate surface area is 152 Å². The summed E-state index contributed by atoms with van der Waals surface area (Å²) in [5.41, 5.74) is 1.18. The third kappa shape index (κ3) is 9.12. The summed E-state index contributed by atoms with van der Waals surface area (Å²) >= 11 is 0. The number of aliphatic imine (C=N–C) groups is 1. The van der Waals surface area contributed by atoms with E-state index in [9.17, 15) is 0 Å². The Morgan fingerprint density at radius 2 is 1.82 bits per heavy atom. The molecule has 0 fully saturated rings. The lowest BCUT2D eigenvalue weighted by molar-refractivity contribution is 0.271. The lowest BCUT2D eigenvalue weighted by Crippen LogP contribution is -2.37. The number of ether oxygens (including phenoxy) is 1. The van der Waals surface area contributed by atoms with E-state index in [0.717, 1.165) is 37.8 Å². The lowest BCUT2D eigenvalue weighted by atomic mass is 10.2. The van der Waals surface area contributed by atoms with Crippen LogP contribution in [0.1, 0.15) is 39.7 Å². The average molecular weight is 419 g/mol. The fourth-order valence-electron chi connectivity index (χ4n) is 1.71. The molecule has 0 spiro atoms. The maximum absolute atomic E-state index is 5.68. The molecule has 126 valence electrons. The van der Waals surface area contributed by atoms with Crippen molar-refractivity contribution in [2.75, 3.05) is 19.7 Å². The highest BCUT2D eigenvalue weighted by Crippen LogP contribution is 2.13. The van der Waals surface area contributed by atoms with E-state index in [1.54, 1.807) is 0 Å². The van der Waals surface area contributed by atoms with Crippen LogP contribution in [-0.4, -0.2) is 25.7 Å². The molecule has 4 nitrogen and oxygen atoms in total. The largest absolute Gasteiger partial charge is 0.493 e. The maximum Gasteiger partial charge on any atom is 0.191 e. The molecule has 0 heterocycles. The summed E-state index contributed by atoms with van der Waals surface area (Å²) in [5, 5.41) is 6.54. The third-order valence-corrected chi connectivity index (χ3v) is 2.81. The molecule has 0 saturated carbocycles. The fourth-order valence-corrected chi connectivity index (χ4v) is 1.71. The number of nitrogens with zero attached hydrogens (tertiary/aromatic N) is 1. The number of halogens is 1. The molecule has 1 aromatic carbocycles. The first-order valence-corrected chi connectivity index (χ1v) is 7.89. The molecule has 0 amide bonds. The van der Waals surface area contributed by atoms with Crippen molar-refractivity contribution in [2.45, 2.75) is 40.7 Å². The van der Waals surface area contributed by atoms with Gasteiger partial charge in [0.05, 0.1) is 13.2 Å². The number of hydrogen-bond acceptors (Lipinski definition) is 2. The highest BCUT2D eigenvalue weighted by molar-refractivity contribution is 14.0. The van der Waals surface area contributed by atoms with Crippen molar-refractivity contribution >= 4 is 29.9 Å². The SMILES string of the molecule is CCCNC(=NCc1ccc(OCC(C)C)cc1)NCC.I. The first-order chi connectivity index (χ1) is 10.2. The van der Waals surface area contributed by atoms with E-state index < -0.39 is 0 Å². The van der Waals surface area contributed by atoms with E-state index in [-0.39, 0.29) is 24.0 Å². The molecule has 22 heavy (non-hydrogen) atoms. The van der Waals surface area contributed by atoms with Crippen LogP contribution in [0.5, 0.6) is 5.75 Å².